The number of likely N-dealkylation sites (tertiary alicyclic amines) is 3. The van der Waals surface area contributed by atoms with E-state index in [-0.39, 0.29) is 58.5 Å². The van der Waals surface area contributed by atoms with Gasteiger partial charge in [0.25, 0.3) is 5.91 Å². The number of benzene rings is 6. The van der Waals surface area contributed by atoms with Crippen LogP contribution in [0.15, 0.2) is 84.9 Å². The fraction of sp³-hybridized carbons (Fsp3) is 0.511. The van der Waals surface area contributed by atoms with E-state index >= 15 is 0 Å². The van der Waals surface area contributed by atoms with E-state index in [0.29, 0.717) is 17.7 Å². The lowest BCUT2D eigenvalue weighted by atomic mass is 9.49. The molecule has 9 aromatic rings. The molecule has 2 spiro atoms. The quantitative estimate of drug-likeness (QED) is 0.133. The number of aromatic nitrogens is 3. The van der Waals surface area contributed by atoms with Crippen LogP contribution in [-0.2, 0) is 87.1 Å². The highest BCUT2D eigenvalue weighted by Gasteiger charge is 2.75. The Kier molecular flexibility index (Phi) is 12.9. The third kappa shape index (κ3) is 7.73. The number of phenolic OH excluding ortho intramolecular Hbond substituents is 1. The number of rotatable bonds is 5. The van der Waals surface area contributed by atoms with E-state index in [1.807, 2.05) is 11.8 Å². The van der Waals surface area contributed by atoms with Gasteiger partial charge >= 0.3 is 0 Å². The molecule has 0 radical (unpaired) electrons. The number of hydrogen-bond acceptors (Lipinski definition) is 9. The normalized spacial score (nSPS) is 31.1. The van der Waals surface area contributed by atoms with Crippen molar-refractivity contribution in [2.75, 3.05) is 40.3 Å². The topological polar surface area (TPSA) is 135 Å². The van der Waals surface area contributed by atoms with Gasteiger partial charge in [0.15, 0.2) is 12.2 Å². The summed E-state index contributed by atoms with van der Waals surface area (Å²) in [5.41, 5.74) is 24.5. The first-order valence-electron chi connectivity index (χ1n) is 38.9. The SMILES string of the molecule is Cc1ccc2c(c1O)[C@]13CCN(C)[C@H](C2)[C@@H]1Cc1c([nH]c(C(=O)N(C(C)C)C(C)C)c1C)C3.Cc1ccc2c3c1OC1c4c(c5ccc6cccc7c6c5n4CC7)C[C@@]4(O)[C@@H](C2)N(CC2CC2)CC[C@]314.Cc1ccc2c3c1OC1c4c(c5cccc6c5n4CCC6)C[C@@]4(O)[C@@H](C2)N(C)CC[C@]314. The molecular formula is C88H99N7O6. The minimum atomic E-state index is -0.814. The molecular weight excluding hydrogens is 1250 g/mol. The Bertz CT molecular complexity index is 5140. The van der Waals surface area contributed by atoms with E-state index in [4.69, 9.17) is 9.47 Å². The minimum absolute atomic E-state index is 0.0682. The summed E-state index contributed by atoms with van der Waals surface area (Å²) in [6.07, 6.45) is 15.0. The zero-order chi connectivity index (χ0) is 68.8. The molecule has 10 heterocycles. The molecule has 7 aliphatic heterocycles. The lowest BCUT2D eigenvalue weighted by Gasteiger charge is -2.63. The molecule has 2 unspecified atom stereocenters. The van der Waals surface area contributed by atoms with Crippen molar-refractivity contribution in [3.63, 3.8) is 0 Å². The Morgan fingerprint density at radius 1 is 0.604 bits per heavy atom. The molecule has 11 atom stereocenters. The fourth-order valence-corrected chi connectivity index (χ4v) is 25.3. The van der Waals surface area contributed by atoms with E-state index in [1.54, 1.807) is 0 Å². The van der Waals surface area contributed by atoms with Crippen LogP contribution in [0, 0.1) is 39.5 Å². The summed E-state index contributed by atoms with van der Waals surface area (Å²) in [6.45, 7) is 23.2. The van der Waals surface area contributed by atoms with Gasteiger partial charge in [-0.15, -0.1) is 0 Å². The molecule has 4 N–H and O–H groups in total. The van der Waals surface area contributed by atoms with Gasteiger partial charge in [0, 0.05) is 107 Å². The predicted molar refractivity (Wildman–Crippen MR) is 396 cm³/mol. The number of amides is 1. The summed E-state index contributed by atoms with van der Waals surface area (Å²) in [5, 5.41) is 42.6. The number of ether oxygens (including phenoxy) is 2. The average molecular weight is 1350 g/mol. The van der Waals surface area contributed by atoms with Gasteiger partial charge in [-0.25, -0.2) is 0 Å². The van der Waals surface area contributed by atoms with Crippen molar-refractivity contribution in [2.45, 2.75) is 235 Å². The fourth-order valence-electron chi connectivity index (χ4n) is 25.3. The van der Waals surface area contributed by atoms with Crippen LogP contribution in [0.3, 0.4) is 0 Å². The number of aliphatic hydroxyl groups is 2. The zero-order valence-electron chi connectivity index (χ0n) is 60.9. The van der Waals surface area contributed by atoms with Crippen molar-refractivity contribution in [3.05, 3.63) is 191 Å². The number of H-pyrrole nitrogens is 1. The Balaban J connectivity index is 0.0000000993. The van der Waals surface area contributed by atoms with Gasteiger partial charge in [-0.1, -0.05) is 84.9 Å². The third-order valence-electron chi connectivity index (χ3n) is 29.9. The first-order chi connectivity index (χ1) is 48.7. The van der Waals surface area contributed by atoms with Crippen LogP contribution in [0.1, 0.15) is 189 Å². The Labute approximate surface area is 593 Å². The molecule has 6 bridgehead atoms. The lowest BCUT2D eigenvalue weighted by molar-refractivity contribution is -0.173. The molecule has 1 amide bonds. The van der Waals surface area contributed by atoms with E-state index < -0.39 is 11.2 Å². The van der Waals surface area contributed by atoms with Gasteiger partial charge in [-0.05, 0) is 257 Å². The van der Waals surface area contributed by atoms with Crippen molar-refractivity contribution < 1.29 is 29.6 Å². The molecule has 1 saturated carbocycles. The van der Waals surface area contributed by atoms with Crippen LogP contribution >= 0.6 is 0 Å². The highest BCUT2D eigenvalue weighted by Crippen LogP contribution is 2.71. The van der Waals surface area contributed by atoms with Gasteiger partial charge in [0.2, 0.25) is 0 Å². The molecule has 6 aromatic carbocycles. The van der Waals surface area contributed by atoms with Gasteiger partial charge in [0.05, 0.1) is 44.5 Å². The number of phenols is 1. The molecule has 101 heavy (non-hydrogen) atoms. The Hall–Kier alpha value is -7.39. The van der Waals surface area contributed by atoms with Gasteiger partial charge < -0.3 is 53.6 Å². The molecule has 522 valence electrons. The van der Waals surface area contributed by atoms with Gasteiger partial charge in [-0.3, -0.25) is 9.69 Å². The molecule has 4 fully saturated rings. The number of hydrogen-bond donors (Lipinski definition) is 4. The molecule has 14 aliphatic rings. The zero-order valence-corrected chi connectivity index (χ0v) is 60.9. The summed E-state index contributed by atoms with van der Waals surface area (Å²) < 4.78 is 19.3. The largest absolute Gasteiger partial charge is 0.507 e. The smallest absolute Gasteiger partial charge is 0.271 e. The van der Waals surface area contributed by atoms with E-state index in [2.05, 4.69) is 176 Å². The van der Waals surface area contributed by atoms with Crippen LogP contribution in [0.4, 0.5) is 0 Å². The maximum Gasteiger partial charge on any atom is 0.271 e. The number of aryl methyl sites for hydroxylation is 7. The van der Waals surface area contributed by atoms with E-state index in [9.17, 15) is 20.1 Å². The van der Waals surface area contributed by atoms with Gasteiger partial charge in [-0.2, -0.15) is 0 Å². The number of carbonyl (C=O) groups excluding carboxylic acids is 1. The maximum absolute atomic E-state index is 13.6. The van der Waals surface area contributed by atoms with Crippen LogP contribution in [-0.4, -0.2) is 137 Å². The minimum Gasteiger partial charge on any atom is -0.507 e. The number of carbonyl (C=O) groups is 1. The van der Waals surface area contributed by atoms with Crippen molar-refractivity contribution in [3.8, 4) is 17.2 Å². The van der Waals surface area contributed by atoms with E-state index in [0.717, 1.165) is 151 Å². The van der Waals surface area contributed by atoms with Crippen molar-refractivity contribution in [1.82, 2.24) is 33.7 Å². The number of nitrogens with one attached hydrogen (secondary N) is 1. The Morgan fingerprint density at radius 3 is 1.91 bits per heavy atom. The van der Waals surface area contributed by atoms with Crippen LogP contribution in [0.2, 0.25) is 0 Å². The van der Waals surface area contributed by atoms with Gasteiger partial charge in [0.1, 0.15) is 22.9 Å². The van der Waals surface area contributed by atoms with E-state index in [1.165, 1.54) is 141 Å². The van der Waals surface area contributed by atoms with Crippen LogP contribution < -0.4 is 9.47 Å². The summed E-state index contributed by atoms with van der Waals surface area (Å²) in [7, 11) is 4.46. The summed E-state index contributed by atoms with van der Waals surface area (Å²) in [4.78, 5) is 26.8. The number of nitrogens with zero attached hydrogens (tertiary/aromatic N) is 6. The van der Waals surface area contributed by atoms with Crippen molar-refractivity contribution in [2.24, 2.45) is 11.8 Å². The highest BCUT2D eigenvalue weighted by molar-refractivity contribution is 6.10. The number of aromatic hydroxyl groups is 1. The second-order valence-electron chi connectivity index (χ2n) is 35.1. The number of likely N-dealkylation sites (N-methyl/N-ethyl adjacent to an activating group) is 2. The molecule has 13 heteroatoms. The highest BCUT2D eigenvalue weighted by atomic mass is 16.5. The Morgan fingerprint density at radius 2 is 1.22 bits per heavy atom. The summed E-state index contributed by atoms with van der Waals surface area (Å²) >= 11 is 0. The molecule has 3 aromatic heterocycles. The second-order valence-corrected chi connectivity index (χ2v) is 35.1. The standard InChI is InChI=1S/C33H32N2O2.C28H39N3O2.C27H28N2O2/c1-18-5-8-22-15-25-33(36)16-24-23-10-9-20-3-2-4-21-11-13-35(28(23)26(20)21)29(24)31-32(33,27(22)30(18)37-31)12-14-34(25)17-19-6-7-19;1-15(2)31(16(3)4)27(33)25-18(6)20-13-21-23-12-19-9-8-17(5)26(32)24(19)28(21,10-11-30(23)7)14-22(20)29-25;1-15-8-9-17-13-20-27(30)14-19-18-7-3-5-16-6-4-11-29(22(16)18)23(19)25-26(27,10-12-28(20)2)21(17)24(15)31-25/h2-5,8-10,19,25,31,36H,6-7,11-17H2,1H3;8-9,15-16,21,23,29,32H,10-14H2,1-7H3;3,5,7-9,20,25,30H,4,6,10-14H2,1-2H3/t25-,31?,32+,33-;21-,23+,28-;20-,25?,26+,27-/m101/s1. The first-order valence-corrected chi connectivity index (χ1v) is 38.9. The third-order valence-corrected chi connectivity index (χ3v) is 29.9. The average Bonchev–Trinajstić information content (AvgIpc) is 1.52. The summed E-state index contributed by atoms with van der Waals surface area (Å²) in [6, 6.07) is 32.7. The van der Waals surface area contributed by atoms with Crippen molar-refractivity contribution in [1.29, 1.82) is 0 Å². The lowest BCUT2D eigenvalue weighted by Crippen LogP contribution is -2.74. The molecule has 13 nitrogen and oxygen atoms in total. The number of para-hydroxylation sites is 1. The summed E-state index contributed by atoms with van der Waals surface area (Å²) in [5.74, 6) is 4.00. The second kappa shape index (κ2) is 21.0. The molecule has 23 rings (SSSR count). The number of piperidine rings is 3. The molecule has 3 saturated heterocycles. The first kappa shape index (κ1) is 62.2. The van der Waals surface area contributed by atoms with Crippen LogP contribution in [0.25, 0.3) is 32.6 Å². The number of aromatic amines is 1. The predicted octanol–water partition coefficient (Wildman–Crippen LogP) is 13.7. The van der Waals surface area contributed by atoms with Crippen LogP contribution in [0.5, 0.6) is 17.2 Å². The van der Waals surface area contributed by atoms with Crippen molar-refractivity contribution >= 4 is 38.5 Å². The monoisotopic (exact) mass is 1350 g/mol. The molecule has 7 aliphatic carbocycles. The maximum atomic E-state index is 13.6. The number of fused-ring (bicyclic) bond motifs is 10.